The minimum absolute atomic E-state index is 0.0861. The Morgan fingerprint density at radius 1 is 1.11 bits per heavy atom. The lowest BCUT2D eigenvalue weighted by molar-refractivity contribution is 0.0766. The molecule has 2 aromatic rings. The molecule has 6 heteroatoms. The maximum absolute atomic E-state index is 12.9. The van der Waals surface area contributed by atoms with E-state index in [0.29, 0.717) is 17.6 Å². The first-order chi connectivity index (χ1) is 13.6. The first-order valence-electron chi connectivity index (χ1n) is 9.67. The molecule has 0 saturated carbocycles. The number of rotatable bonds is 4. The van der Waals surface area contributed by atoms with Crippen molar-refractivity contribution in [1.82, 2.24) is 4.90 Å². The van der Waals surface area contributed by atoms with Crippen molar-refractivity contribution in [3.05, 3.63) is 53.6 Å². The lowest BCUT2D eigenvalue weighted by Crippen LogP contribution is -2.32. The zero-order chi connectivity index (χ0) is 19.5. The molecule has 5 nitrogen and oxygen atoms in total. The van der Waals surface area contributed by atoms with Crippen molar-refractivity contribution >= 4 is 17.7 Å². The second-order valence-corrected chi connectivity index (χ2v) is 8.55. The molecule has 28 heavy (non-hydrogen) atoms. The van der Waals surface area contributed by atoms with Crippen molar-refractivity contribution in [2.24, 2.45) is 0 Å². The molecule has 0 bridgehead atoms. The number of carbonyl (C=O) groups excluding carboxylic acids is 1. The van der Waals surface area contributed by atoms with Gasteiger partial charge in [0.15, 0.2) is 11.5 Å². The Labute approximate surface area is 170 Å². The van der Waals surface area contributed by atoms with Crippen molar-refractivity contribution in [3.63, 3.8) is 0 Å². The van der Waals surface area contributed by atoms with Gasteiger partial charge in [0.2, 0.25) is 6.79 Å². The van der Waals surface area contributed by atoms with E-state index in [9.17, 15) is 4.79 Å². The van der Waals surface area contributed by atoms with Crippen LogP contribution in [0.1, 0.15) is 41.4 Å². The predicted octanol–water partition coefficient (Wildman–Crippen LogP) is 4.52. The van der Waals surface area contributed by atoms with Crippen LogP contribution in [-0.2, 0) is 0 Å². The number of ether oxygens (including phenoxy) is 3. The Balaban J connectivity index is 1.40. The van der Waals surface area contributed by atoms with Gasteiger partial charge in [-0.1, -0.05) is 6.07 Å². The molecule has 0 spiro atoms. The maximum atomic E-state index is 12.9. The van der Waals surface area contributed by atoms with Gasteiger partial charge in [-0.25, -0.2) is 0 Å². The lowest BCUT2D eigenvalue weighted by Gasteiger charge is -2.21. The number of hydrogen-bond acceptors (Lipinski definition) is 5. The Bertz CT molecular complexity index is 837. The van der Waals surface area contributed by atoms with Crippen molar-refractivity contribution in [2.75, 3.05) is 25.6 Å². The van der Waals surface area contributed by atoms with Crippen LogP contribution in [0.4, 0.5) is 0 Å². The second kappa shape index (κ2) is 8.35. The number of nitrogens with zero attached hydrogens (tertiary/aromatic N) is 1. The first kappa shape index (κ1) is 19.0. The summed E-state index contributed by atoms with van der Waals surface area (Å²) in [4.78, 5) is 14.9. The van der Waals surface area contributed by atoms with E-state index >= 15 is 0 Å². The first-order valence-corrected chi connectivity index (χ1v) is 10.7. The van der Waals surface area contributed by atoms with E-state index in [0.717, 1.165) is 42.5 Å². The van der Waals surface area contributed by atoms with E-state index in [2.05, 4.69) is 12.1 Å². The van der Waals surface area contributed by atoms with Crippen LogP contribution in [0, 0.1) is 0 Å². The van der Waals surface area contributed by atoms with Gasteiger partial charge < -0.3 is 19.1 Å². The molecule has 148 valence electrons. The molecule has 2 heterocycles. The molecule has 2 aliphatic rings. The van der Waals surface area contributed by atoms with Crippen molar-refractivity contribution in [2.45, 2.75) is 31.6 Å². The Morgan fingerprint density at radius 2 is 1.89 bits per heavy atom. The lowest BCUT2D eigenvalue weighted by atomic mass is 10.1. The largest absolute Gasteiger partial charge is 0.491 e. The summed E-state index contributed by atoms with van der Waals surface area (Å²) in [5, 5.41) is 0.356. The van der Waals surface area contributed by atoms with E-state index in [-0.39, 0.29) is 12.0 Å². The third-order valence-electron chi connectivity index (χ3n) is 4.87. The minimum atomic E-state index is 0.0861. The molecule has 1 fully saturated rings. The third-order valence-corrected chi connectivity index (χ3v) is 6.20. The monoisotopic (exact) mass is 399 g/mol. The summed E-state index contributed by atoms with van der Waals surface area (Å²) < 4.78 is 16.6. The minimum Gasteiger partial charge on any atom is -0.491 e. The molecule has 0 aliphatic carbocycles. The molecule has 4 rings (SSSR count). The molecular weight excluding hydrogens is 374 g/mol. The van der Waals surface area contributed by atoms with Gasteiger partial charge in [-0.2, -0.15) is 11.8 Å². The quantitative estimate of drug-likeness (QED) is 0.756. The average Bonchev–Trinajstić information content (AvgIpc) is 3.02. The van der Waals surface area contributed by atoms with Crippen LogP contribution >= 0.6 is 11.8 Å². The van der Waals surface area contributed by atoms with E-state index in [1.807, 2.05) is 60.8 Å². The summed E-state index contributed by atoms with van der Waals surface area (Å²) in [6.45, 7) is 5.78. The summed E-state index contributed by atoms with van der Waals surface area (Å²) >= 11 is 1.90. The summed E-state index contributed by atoms with van der Waals surface area (Å²) in [5.41, 5.74) is 1.95. The van der Waals surface area contributed by atoms with Crippen molar-refractivity contribution in [3.8, 4) is 17.2 Å². The predicted molar refractivity (Wildman–Crippen MR) is 110 cm³/mol. The Kier molecular flexibility index (Phi) is 5.67. The molecule has 0 radical (unpaired) electrons. The van der Waals surface area contributed by atoms with Crippen LogP contribution in [0.2, 0.25) is 0 Å². The van der Waals surface area contributed by atoms with Gasteiger partial charge in [0.05, 0.1) is 6.10 Å². The number of thioether (sulfide) groups is 1. The average molecular weight is 400 g/mol. The van der Waals surface area contributed by atoms with Crippen LogP contribution in [0.15, 0.2) is 42.5 Å². The number of hydrogen-bond donors (Lipinski definition) is 0. The number of benzene rings is 2. The number of amides is 1. The fraction of sp³-hybridized carbons (Fsp3) is 0.409. The van der Waals surface area contributed by atoms with Gasteiger partial charge in [-0.3, -0.25) is 4.79 Å². The zero-order valence-electron chi connectivity index (χ0n) is 16.2. The van der Waals surface area contributed by atoms with E-state index in [1.54, 1.807) is 0 Å². The van der Waals surface area contributed by atoms with Gasteiger partial charge in [0, 0.05) is 29.7 Å². The highest BCUT2D eigenvalue weighted by atomic mass is 32.2. The molecule has 0 N–H and O–H groups in total. The van der Waals surface area contributed by atoms with E-state index in [1.165, 1.54) is 5.56 Å². The van der Waals surface area contributed by atoms with Gasteiger partial charge >= 0.3 is 0 Å². The van der Waals surface area contributed by atoms with Crippen LogP contribution in [0.3, 0.4) is 0 Å². The fourth-order valence-electron chi connectivity index (χ4n) is 3.48. The molecular formula is C22H25NO4S. The smallest absolute Gasteiger partial charge is 0.253 e. The van der Waals surface area contributed by atoms with Gasteiger partial charge in [0.25, 0.3) is 5.91 Å². The molecule has 1 atom stereocenters. The highest BCUT2D eigenvalue weighted by Crippen LogP contribution is 2.40. The number of carbonyl (C=O) groups is 1. The van der Waals surface area contributed by atoms with Crippen molar-refractivity contribution in [1.29, 1.82) is 0 Å². The Morgan fingerprint density at radius 3 is 2.68 bits per heavy atom. The van der Waals surface area contributed by atoms with Crippen molar-refractivity contribution < 1.29 is 19.0 Å². The highest BCUT2D eigenvalue weighted by Gasteiger charge is 2.24. The molecule has 2 aliphatic heterocycles. The van der Waals surface area contributed by atoms with Crippen LogP contribution in [0.25, 0.3) is 0 Å². The SMILES string of the molecule is CC(C)Oc1ccc(C(=O)N2CCSC(c3ccc4c(c3)OCO4)CC2)cc1. The summed E-state index contributed by atoms with van der Waals surface area (Å²) in [6.07, 6.45) is 1.04. The topological polar surface area (TPSA) is 48.0 Å². The summed E-state index contributed by atoms with van der Waals surface area (Å²) in [6, 6.07) is 13.6. The summed E-state index contributed by atoms with van der Waals surface area (Å²) in [7, 11) is 0. The van der Waals surface area contributed by atoms with Crippen LogP contribution in [0.5, 0.6) is 17.2 Å². The van der Waals surface area contributed by atoms with Gasteiger partial charge in [0.1, 0.15) is 5.75 Å². The number of fused-ring (bicyclic) bond motifs is 1. The van der Waals surface area contributed by atoms with Crippen LogP contribution < -0.4 is 14.2 Å². The van der Waals surface area contributed by atoms with E-state index < -0.39 is 0 Å². The summed E-state index contributed by atoms with van der Waals surface area (Å²) in [5.74, 6) is 3.42. The standard InChI is InChI=1S/C22H25NO4S/c1-15(2)27-18-6-3-16(4-7-18)22(24)23-10-9-21(28-12-11-23)17-5-8-19-20(13-17)26-14-25-19/h3-8,13,15,21H,9-12,14H2,1-2H3. The van der Waals surface area contributed by atoms with E-state index in [4.69, 9.17) is 14.2 Å². The molecule has 1 unspecified atom stereocenters. The molecule has 0 aromatic heterocycles. The maximum Gasteiger partial charge on any atom is 0.253 e. The van der Waals surface area contributed by atoms with Crippen LogP contribution in [-0.4, -0.2) is 42.5 Å². The van der Waals surface area contributed by atoms with Gasteiger partial charge in [-0.05, 0) is 62.2 Å². The fourth-order valence-corrected chi connectivity index (χ4v) is 4.71. The molecule has 2 aromatic carbocycles. The third kappa shape index (κ3) is 4.22. The molecule has 1 amide bonds. The zero-order valence-corrected chi connectivity index (χ0v) is 17.0. The Hall–Kier alpha value is -2.34. The van der Waals surface area contributed by atoms with Gasteiger partial charge in [-0.15, -0.1) is 0 Å². The highest BCUT2D eigenvalue weighted by molar-refractivity contribution is 7.99. The molecule has 1 saturated heterocycles. The normalized spacial score (nSPS) is 18.8. The second-order valence-electron chi connectivity index (χ2n) is 7.24.